The molecule has 1 unspecified atom stereocenters. The highest BCUT2D eigenvalue weighted by atomic mass is 35.5. The molecule has 1 atom stereocenters. The van der Waals surface area contributed by atoms with Gasteiger partial charge < -0.3 is 9.47 Å². The van der Waals surface area contributed by atoms with E-state index in [1.807, 2.05) is 48.7 Å². The Morgan fingerprint density at radius 3 is 2.70 bits per heavy atom. The van der Waals surface area contributed by atoms with Crippen molar-refractivity contribution < 1.29 is 14.3 Å². The molecule has 0 spiro atoms. The van der Waals surface area contributed by atoms with Crippen LogP contribution in [0.15, 0.2) is 103 Å². The van der Waals surface area contributed by atoms with Gasteiger partial charge in [-0.25, -0.2) is 4.68 Å². The van der Waals surface area contributed by atoms with Crippen LogP contribution in [0.5, 0.6) is 11.5 Å². The van der Waals surface area contributed by atoms with Gasteiger partial charge in [0.2, 0.25) is 0 Å². The number of benzene rings is 4. The van der Waals surface area contributed by atoms with Crippen LogP contribution in [0.3, 0.4) is 0 Å². The van der Waals surface area contributed by atoms with E-state index in [9.17, 15) is 4.79 Å². The molecule has 8 heteroatoms. The Bertz CT molecular complexity index is 2180. The number of allylic oxidation sites excluding steroid dienone is 2. The minimum absolute atomic E-state index is 0.169. The van der Waals surface area contributed by atoms with Gasteiger partial charge in [-0.15, -0.1) is 5.10 Å². The Labute approximate surface area is 271 Å². The largest absolute Gasteiger partial charge is 0.487 e. The summed E-state index contributed by atoms with van der Waals surface area (Å²) >= 11 is 6.16. The van der Waals surface area contributed by atoms with Gasteiger partial charge in [0.05, 0.1) is 17.4 Å². The summed E-state index contributed by atoms with van der Waals surface area (Å²) in [7, 11) is 0. The predicted octanol–water partition coefficient (Wildman–Crippen LogP) is 8.86. The molecule has 0 N–H and O–H groups in total. The summed E-state index contributed by atoms with van der Waals surface area (Å²) in [6, 6.07) is 26.5. The number of carbonyl (C=O) groups is 1. The second kappa shape index (κ2) is 11.4. The quantitative estimate of drug-likeness (QED) is 0.184. The number of fused-ring (bicyclic) bond motifs is 3. The monoisotopic (exact) mass is 626 g/mol. The zero-order chi connectivity index (χ0) is 31.4. The van der Waals surface area contributed by atoms with Crippen LogP contribution in [0.4, 0.5) is 0 Å². The number of rotatable bonds is 6. The number of nitrogens with zero attached hydrogens (tertiary/aromatic N) is 4. The minimum atomic E-state index is -0.169. The Kier molecular flexibility index (Phi) is 7.06. The van der Waals surface area contributed by atoms with E-state index in [1.165, 1.54) is 5.56 Å². The molecule has 0 bridgehead atoms. The number of aromatic nitrogens is 4. The molecule has 4 aromatic carbocycles. The van der Waals surface area contributed by atoms with E-state index in [-0.39, 0.29) is 18.3 Å². The zero-order valence-electron chi connectivity index (χ0n) is 25.5. The number of hydrogen-bond acceptors (Lipinski definition) is 6. The van der Waals surface area contributed by atoms with Crippen molar-refractivity contribution in [3.8, 4) is 17.2 Å². The second-order valence-electron chi connectivity index (χ2n) is 12.3. The van der Waals surface area contributed by atoms with Gasteiger partial charge in [0, 0.05) is 46.5 Å². The first-order valence-electron chi connectivity index (χ1n) is 15.6. The Hall–Kier alpha value is -5.01. The van der Waals surface area contributed by atoms with E-state index in [4.69, 9.17) is 21.1 Å². The number of Topliss-reactive ketones (excluding diaryl/α,β-unsaturated/α-hetero) is 1. The normalized spacial score (nSPS) is 16.1. The molecule has 0 radical (unpaired) electrons. The maximum Gasteiger partial charge on any atom is 0.163 e. The van der Waals surface area contributed by atoms with Crippen molar-refractivity contribution >= 4 is 39.1 Å². The molecule has 1 aliphatic carbocycles. The number of halogens is 1. The Morgan fingerprint density at radius 2 is 1.85 bits per heavy atom. The molecular weight excluding hydrogens is 596 g/mol. The van der Waals surface area contributed by atoms with Gasteiger partial charge in [0.1, 0.15) is 29.6 Å². The third-order valence-corrected chi connectivity index (χ3v) is 9.21. The van der Waals surface area contributed by atoms with E-state index in [0.29, 0.717) is 28.8 Å². The molecule has 2 aliphatic rings. The lowest BCUT2D eigenvalue weighted by Crippen LogP contribution is -2.25. The van der Waals surface area contributed by atoms with Crippen LogP contribution in [0.2, 0.25) is 5.02 Å². The van der Waals surface area contributed by atoms with Crippen molar-refractivity contribution in [2.24, 2.45) is 0 Å². The van der Waals surface area contributed by atoms with E-state index >= 15 is 0 Å². The van der Waals surface area contributed by atoms with Crippen molar-refractivity contribution in [1.29, 1.82) is 0 Å². The Morgan fingerprint density at radius 1 is 0.978 bits per heavy atom. The van der Waals surface area contributed by atoms with Crippen LogP contribution in [-0.2, 0) is 11.4 Å². The molecule has 0 amide bonds. The molecule has 6 aromatic rings. The van der Waals surface area contributed by atoms with Crippen molar-refractivity contribution in [3.63, 3.8) is 0 Å². The van der Waals surface area contributed by atoms with Gasteiger partial charge in [-0.1, -0.05) is 61.0 Å². The van der Waals surface area contributed by atoms with E-state index in [0.717, 1.165) is 68.4 Å². The number of ketones is 1. The highest BCUT2D eigenvalue weighted by Gasteiger charge is 2.37. The number of carbonyl (C=O) groups excluding carboxylic acids is 1. The standard InChI is InChI=1S/C38H31ClN4O3/c1-22(2)23-6-8-24(9-7-23)37-31-17-26-16-29(12-10-25(26)18-36(31)46-35-5-3-4-34(44)38(35)37)45-21-28-20-43(42-41-28)33-14-15-40-32-19-27(39)11-13-30(32)33/h6-20,22,37H,3-5,21H2,1-2H3. The zero-order valence-corrected chi connectivity index (χ0v) is 26.3. The summed E-state index contributed by atoms with van der Waals surface area (Å²) in [5.41, 5.74) is 6.54. The van der Waals surface area contributed by atoms with Crippen LogP contribution >= 0.6 is 11.6 Å². The highest BCUT2D eigenvalue weighted by molar-refractivity contribution is 6.31. The first-order valence-corrected chi connectivity index (χ1v) is 16.0. The number of hydrogen-bond donors (Lipinski definition) is 0. The van der Waals surface area contributed by atoms with Crippen molar-refractivity contribution in [1.82, 2.24) is 20.0 Å². The topological polar surface area (TPSA) is 79.1 Å². The Balaban J connectivity index is 1.09. The molecule has 0 fully saturated rings. The summed E-state index contributed by atoms with van der Waals surface area (Å²) in [6.07, 6.45) is 5.75. The van der Waals surface area contributed by atoms with Gasteiger partial charge in [0.15, 0.2) is 5.78 Å². The molecule has 0 saturated heterocycles. The summed E-state index contributed by atoms with van der Waals surface area (Å²) in [6.45, 7) is 4.64. The molecule has 7 nitrogen and oxygen atoms in total. The average Bonchev–Trinajstić information content (AvgIpc) is 3.54. The molecule has 46 heavy (non-hydrogen) atoms. The summed E-state index contributed by atoms with van der Waals surface area (Å²) in [5, 5.41) is 12.3. The fourth-order valence-electron chi connectivity index (χ4n) is 6.59. The second-order valence-corrected chi connectivity index (χ2v) is 12.7. The third kappa shape index (κ3) is 5.11. The van der Waals surface area contributed by atoms with E-state index in [2.05, 4.69) is 65.5 Å². The van der Waals surface area contributed by atoms with Gasteiger partial charge in [-0.3, -0.25) is 9.78 Å². The third-order valence-electron chi connectivity index (χ3n) is 8.97. The first-order chi connectivity index (χ1) is 22.4. The molecule has 1 aliphatic heterocycles. The maximum absolute atomic E-state index is 13.3. The van der Waals surface area contributed by atoms with Gasteiger partial charge in [-0.05, 0) is 82.8 Å². The van der Waals surface area contributed by atoms with Crippen LogP contribution < -0.4 is 9.47 Å². The lowest BCUT2D eigenvalue weighted by atomic mass is 9.76. The highest BCUT2D eigenvalue weighted by Crippen LogP contribution is 2.48. The molecule has 228 valence electrons. The first kappa shape index (κ1) is 28.5. The lowest BCUT2D eigenvalue weighted by molar-refractivity contribution is -0.116. The minimum Gasteiger partial charge on any atom is -0.487 e. The molecule has 0 saturated carbocycles. The summed E-state index contributed by atoms with van der Waals surface area (Å²) < 4.78 is 14.4. The fourth-order valence-corrected chi connectivity index (χ4v) is 6.76. The summed E-state index contributed by atoms with van der Waals surface area (Å²) in [4.78, 5) is 17.7. The molecule has 2 aromatic heterocycles. The average molecular weight is 627 g/mol. The summed E-state index contributed by atoms with van der Waals surface area (Å²) in [5.74, 6) is 2.79. The lowest BCUT2D eigenvalue weighted by Gasteiger charge is -2.33. The van der Waals surface area contributed by atoms with Gasteiger partial charge >= 0.3 is 0 Å². The predicted molar refractivity (Wildman–Crippen MR) is 179 cm³/mol. The van der Waals surface area contributed by atoms with Gasteiger partial charge in [0.25, 0.3) is 0 Å². The SMILES string of the molecule is CC(C)c1ccc(C2C3=C(CCCC3=O)Oc3cc4ccc(OCc5cn(-c6ccnc7cc(Cl)ccc67)nn5)cc4cc32)cc1. The van der Waals surface area contributed by atoms with Crippen LogP contribution in [-0.4, -0.2) is 25.8 Å². The van der Waals surface area contributed by atoms with Crippen molar-refractivity contribution in [3.05, 3.63) is 130 Å². The number of pyridine rings is 1. The van der Waals surface area contributed by atoms with E-state index in [1.54, 1.807) is 10.9 Å². The molecular formula is C38H31ClN4O3. The van der Waals surface area contributed by atoms with Crippen LogP contribution in [0, 0.1) is 0 Å². The number of ether oxygens (including phenoxy) is 2. The van der Waals surface area contributed by atoms with Crippen molar-refractivity contribution in [2.75, 3.05) is 0 Å². The van der Waals surface area contributed by atoms with Crippen LogP contribution in [0.25, 0.3) is 27.4 Å². The van der Waals surface area contributed by atoms with Crippen molar-refractivity contribution in [2.45, 2.75) is 51.6 Å². The van der Waals surface area contributed by atoms with Crippen LogP contribution in [0.1, 0.15) is 67.3 Å². The molecule has 3 heterocycles. The maximum atomic E-state index is 13.3. The fraction of sp³-hybridized carbons (Fsp3) is 0.211. The molecule has 8 rings (SSSR count). The smallest absolute Gasteiger partial charge is 0.163 e. The van der Waals surface area contributed by atoms with E-state index < -0.39 is 0 Å². The van der Waals surface area contributed by atoms with Gasteiger partial charge in [-0.2, -0.15) is 0 Å².